The molecule has 0 fully saturated rings. The van der Waals surface area contributed by atoms with Gasteiger partial charge in [-0.05, 0) is 22.0 Å². The lowest BCUT2D eigenvalue weighted by molar-refractivity contribution is 0.609. The fraction of sp³-hybridized carbons (Fsp3) is 0.286. The Labute approximate surface area is 90.7 Å². The van der Waals surface area contributed by atoms with Gasteiger partial charge in [0.05, 0.1) is 0 Å². The van der Waals surface area contributed by atoms with Gasteiger partial charge in [0.15, 0.2) is 0 Å². The Bertz CT molecular complexity index is 367. The number of rotatable bonds is 1. The largest absolute Gasteiger partial charge is 0.262 e. The number of hydrogen-bond acceptors (Lipinski definition) is 3. The van der Waals surface area contributed by atoms with Gasteiger partial charge >= 0.3 is 0 Å². The van der Waals surface area contributed by atoms with Crippen molar-refractivity contribution in [2.45, 2.75) is 18.7 Å². The van der Waals surface area contributed by atoms with Gasteiger partial charge in [-0.2, -0.15) is 0 Å². The van der Waals surface area contributed by atoms with Crippen LogP contribution in [-0.2, 0) is 9.05 Å². The van der Waals surface area contributed by atoms with Crippen molar-refractivity contribution < 1.29 is 8.42 Å². The fourth-order valence-electron chi connectivity index (χ4n) is 0.526. The smallest absolute Gasteiger partial charge is 0.262 e. The summed E-state index contributed by atoms with van der Waals surface area (Å²) >= 11 is 3.07. The number of nitrogens with zero attached hydrogens (tertiary/aromatic N) is 1. The van der Waals surface area contributed by atoms with Crippen LogP contribution < -0.4 is 0 Å². The molecule has 1 aromatic rings. The lowest BCUT2D eigenvalue weighted by Gasteiger charge is -1.93. The summed E-state index contributed by atoms with van der Waals surface area (Å²) in [5.41, 5.74) is 0. The van der Waals surface area contributed by atoms with Gasteiger partial charge in [-0.3, -0.25) is 4.98 Å². The molecule has 0 N–H and O–H groups in total. The summed E-state index contributed by atoms with van der Waals surface area (Å²) in [6.07, 6.45) is 2.67. The van der Waals surface area contributed by atoms with Gasteiger partial charge < -0.3 is 0 Å². The molecule has 1 aromatic heterocycles. The number of aromatic nitrogens is 1. The lowest BCUT2D eigenvalue weighted by atomic mass is 10.5. The molecule has 1 heterocycles. The standard InChI is InChI=1S/C5H3BrClNO2S.C2H6/c6-4-1-5(3-8-2-4)11(7,9)10;1-2/h1-3H;1-2H3. The predicted octanol–water partition coefficient (Wildman–Crippen LogP) is 2.80. The van der Waals surface area contributed by atoms with Crippen LogP contribution in [0.15, 0.2) is 27.8 Å². The molecule has 0 aliphatic carbocycles. The van der Waals surface area contributed by atoms with Crippen LogP contribution in [0.3, 0.4) is 0 Å². The molecule has 0 aromatic carbocycles. The molecule has 0 aliphatic rings. The van der Waals surface area contributed by atoms with E-state index in [0.717, 1.165) is 0 Å². The maximum atomic E-state index is 10.7. The molecule has 0 radical (unpaired) electrons. The number of pyridine rings is 1. The maximum Gasteiger partial charge on any atom is 0.262 e. The van der Waals surface area contributed by atoms with Crippen LogP contribution in [0.5, 0.6) is 0 Å². The predicted molar refractivity (Wildman–Crippen MR) is 56.3 cm³/mol. The number of hydrogen-bond donors (Lipinski definition) is 0. The van der Waals surface area contributed by atoms with Crippen molar-refractivity contribution in [1.82, 2.24) is 4.98 Å². The Kier molecular flexibility index (Phi) is 5.51. The van der Waals surface area contributed by atoms with Gasteiger partial charge in [-0.1, -0.05) is 13.8 Å². The lowest BCUT2D eigenvalue weighted by Crippen LogP contribution is -1.90. The molecular weight excluding hydrogens is 278 g/mol. The molecule has 1 rings (SSSR count). The molecule has 74 valence electrons. The Balaban J connectivity index is 0.000000671. The van der Waals surface area contributed by atoms with Crippen molar-refractivity contribution in [1.29, 1.82) is 0 Å². The number of halogens is 2. The summed E-state index contributed by atoms with van der Waals surface area (Å²) in [5, 5.41) is 0. The van der Waals surface area contributed by atoms with Crippen LogP contribution in [-0.4, -0.2) is 13.4 Å². The van der Waals surface area contributed by atoms with Gasteiger partial charge in [-0.25, -0.2) is 8.42 Å². The Morgan fingerprint density at radius 3 is 2.23 bits per heavy atom. The first-order valence-electron chi connectivity index (χ1n) is 3.55. The summed E-state index contributed by atoms with van der Waals surface area (Å²) < 4.78 is 22.0. The van der Waals surface area contributed by atoms with E-state index < -0.39 is 9.05 Å². The van der Waals surface area contributed by atoms with Crippen molar-refractivity contribution in [3.63, 3.8) is 0 Å². The Morgan fingerprint density at radius 2 is 1.92 bits per heavy atom. The second kappa shape index (κ2) is 5.57. The highest BCUT2D eigenvalue weighted by atomic mass is 79.9. The van der Waals surface area contributed by atoms with E-state index in [1.807, 2.05) is 13.8 Å². The maximum absolute atomic E-state index is 10.7. The fourth-order valence-corrected chi connectivity index (χ4v) is 1.75. The summed E-state index contributed by atoms with van der Waals surface area (Å²) in [6.45, 7) is 4.00. The van der Waals surface area contributed by atoms with Crippen LogP contribution in [0.25, 0.3) is 0 Å². The van der Waals surface area contributed by atoms with Gasteiger partial charge in [0.25, 0.3) is 9.05 Å². The first-order valence-corrected chi connectivity index (χ1v) is 6.65. The quantitative estimate of drug-likeness (QED) is 0.746. The van der Waals surface area contributed by atoms with E-state index in [-0.39, 0.29) is 4.90 Å². The Hall–Kier alpha value is -0.130. The molecule has 3 nitrogen and oxygen atoms in total. The van der Waals surface area contributed by atoms with E-state index in [9.17, 15) is 8.42 Å². The molecule has 0 spiro atoms. The van der Waals surface area contributed by atoms with Gasteiger partial charge in [-0.15, -0.1) is 0 Å². The van der Waals surface area contributed by atoms with Crippen LogP contribution in [0, 0.1) is 0 Å². The SMILES string of the molecule is CC.O=S(=O)(Cl)c1cncc(Br)c1. The minimum atomic E-state index is -3.65. The van der Waals surface area contributed by atoms with Crippen molar-refractivity contribution in [3.8, 4) is 0 Å². The zero-order chi connectivity index (χ0) is 10.5. The monoisotopic (exact) mass is 285 g/mol. The third-order valence-electron chi connectivity index (χ3n) is 0.961. The van der Waals surface area contributed by atoms with E-state index in [0.29, 0.717) is 4.47 Å². The molecule has 0 bridgehead atoms. The minimum absolute atomic E-state index is 0.00598. The van der Waals surface area contributed by atoms with Crippen LogP contribution in [0.4, 0.5) is 0 Å². The zero-order valence-corrected chi connectivity index (χ0v) is 10.3. The highest BCUT2D eigenvalue weighted by molar-refractivity contribution is 9.10. The average Bonchev–Trinajstić information content (AvgIpc) is 2.06. The van der Waals surface area contributed by atoms with E-state index in [2.05, 4.69) is 20.9 Å². The molecule has 0 saturated carbocycles. The molecule has 0 atom stereocenters. The highest BCUT2D eigenvalue weighted by Crippen LogP contribution is 2.17. The molecule has 0 aliphatic heterocycles. The molecule has 13 heavy (non-hydrogen) atoms. The third-order valence-corrected chi connectivity index (χ3v) is 2.72. The van der Waals surface area contributed by atoms with Gasteiger partial charge in [0.2, 0.25) is 0 Å². The Morgan fingerprint density at radius 1 is 1.38 bits per heavy atom. The van der Waals surface area contributed by atoms with Crippen LogP contribution in [0.2, 0.25) is 0 Å². The minimum Gasteiger partial charge on any atom is -0.262 e. The summed E-state index contributed by atoms with van der Waals surface area (Å²) in [6, 6.07) is 1.38. The molecule has 0 unspecified atom stereocenters. The summed E-state index contributed by atoms with van der Waals surface area (Å²) in [7, 11) is 1.40. The van der Waals surface area contributed by atoms with Crippen molar-refractivity contribution in [3.05, 3.63) is 22.9 Å². The molecular formula is C7H9BrClNO2S. The summed E-state index contributed by atoms with van der Waals surface area (Å²) in [4.78, 5) is 3.63. The van der Waals surface area contributed by atoms with Crippen molar-refractivity contribution in [2.75, 3.05) is 0 Å². The van der Waals surface area contributed by atoms with Crippen molar-refractivity contribution >= 4 is 35.7 Å². The van der Waals surface area contributed by atoms with Gasteiger partial charge in [0.1, 0.15) is 4.90 Å². The second-order valence-electron chi connectivity index (χ2n) is 1.78. The van der Waals surface area contributed by atoms with Crippen molar-refractivity contribution in [2.24, 2.45) is 0 Å². The van der Waals surface area contributed by atoms with Gasteiger partial charge in [0, 0.05) is 27.5 Å². The van der Waals surface area contributed by atoms with E-state index in [1.165, 1.54) is 18.5 Å². The second-order valence-corrected chi connectivity index (χ2v) is 5.26. The molecule has 6 heteroatoms. The highest BCUT2D eigenvalue weighted by Gasteiger charge is 2.09. The first-order chi connectivity index (χ1) is 6.00. The summed E-state index contributed by atoms with van der Waals surface area (Å²) in [5.74, 6) is 0. The van der Waals surface area contributed by atoms with Crippen LogP contribution >= 0.6 is 26.6 Å². The molecule has 0 saturated heterocycles. The zero-order valence-electron chi connectivity index (χ0n) is 7.16. The average molecular weight is 287 g/mol. The normalized spacial score (nSPS) is 10.2. The van der Waals surface area contributed by atoms with E-state index >= 15 is 0 Å². The topological polar surface area (TPSA) is 47.0 Å². The first kappa shape index (κ1) is 12.9. The molecule has 0 amide bonds. The third kappa shape index (κ3) is 4.59. The van der Waals surface area contributed by atoms with Crippen LogP contribution in [0.1, 0.15) is 13.8 Å². The van der Waals surface area contributed by atoms with E-state index in [1.54, 1.807) is 0 Å². The van der Waals surface area contributed by atoms with E-state index in [4.69, 9.17) is 10.7 Å².